The monoisotopic (exact) mass is 305 g/mol. The van der Waals surface area contributed by atoms with E-state index in [9.17, 15) is 13.2 Å². The zero-order valence-corrected chi connectivity index (χ0v) is 9.99. The van der Waals surface area contributed by atoms with Crippen LogP contribution in [0.4, 0.5) is 13.2 Å². The van der Waals surface area contributed by atoms with Gasteiger partial charge in [-0.25, -0.2) is 0 Å². The molecule has 2 rings (SSSR count). The first-order valence-electron chi connectivity index (χ1n) is 4.64. The van der Waals surface area contributed by atoms with E-state index in [0.717, 1.165) is 5.69 Å². The highest BCUT2D eigenvalue weighted by atomic mass is 79.9. The Kier molecular flexibility index (Phi) is 3.15. The van der Waals surface area contributed by atoms with Crippen molar-refractivity contribution >= 4 is 15.9 Å². The Hall–Kier alpha value is -1.43. The Morgan fingerprint density at radius 3 is 2.29 bits per heavy atom. The molecule has 0 amide bonds. The van der Waals surface area contributed by atoms with E-state index in [-0.39, 0.29) is 5.75 Å². The molecule has 6 heteroatoms. The molecule has 17 heavy (non-hydrogen) atoms. The number of benzene rings is 1. The third-order valence-corrected chi connectivity index (χ3v) is 2.67. The van der Waals surface area contributed by atoms with Crippen LogP contribution >= 0.6 is 15.9 Å². The van der Waals surface area contributed by atoms with Crippen LogP contribution in [0.3, 0.4) is 0 Å². The lowest BCUT2D eigenvalue weighted by molar-refractivity contribution is -0.274. The Morgan fingerprint density at radius 2 is 1.76 bits per heavy atom. The number of halogens is 4. The van der Waals surface area contributed by atoms with Crippen LogP contribution in [0.1, 0.15) is 0 Å². The molecule has 0 bridgehead atoms. The number of hydrogen-bond acceptors (Lipinski definition) is 1. The van der Waals surface area contributed by atoms with Gasteiger partial charge in [0.15, 0.2) is 0 Å². The smallest absolute Gasteiger partial charge is 0.406 e. The van der Waals surface area contributed by atoms with Crippen molar-refractivity contribution in [3.63, 3.8) is 0 Å². The van der Waals surface area contributed by atoms with E-state index in [4.69, 9.17) is 0 Å². The maximum atomic E-state index is 12.0. The van der Waals surface area contributed by atoms with Crippen molar-refractivity contribution in [2.45, 2.75) is 6.36 Å². The SMILES string of the molecule is FC(F)(F)Oc1ccc(-n2cccc2)c(Br)c1. The molecule has 2 aromatic rings. The van der Waals surface area contributed by atoms with Gasteiger partial charge in [-0.3, -0.25) is 0 Å². The van der Waals surface area contributed by atoms with Crippen molar-refractivity contribution in [3.8, 4) is 11.4 Å². The summed E-state index contributed by atoms with van der Waals surface area (Å²) in [5.41, 5.74) is 0.740. The van der Waals surface area contributed by atoms with Gasteiger partial charge in [0, 0.05) is 16.9 Å². The number of hydrogen-bond donors (Lipinski definition) is 0. The second kappa shape index (κ2) is 4.44. The third-order valence-electron chi connectivity index (χ3n) is 2.04. The highest BCUT2D eigenvalue weighted by Gasteiger charge is 2.31. The van der Waals surface area contributed by atoms with E-state index in [1.807, 2.05) is 12.1 Å². The molecule has 2 nitrogen and oxygen atoms in total. The molecule has 0 saturated carbocycles. The maximum Gasteiger partial charge on any atom is 0.573 e. The Bertz CT molecular complexity index is 508. The molecule has 0 spiro atoms. The van der Waals surface area contributed by atoms with Crippen molar-refractivity contribution < 1.29 is 17.9 Å². The molecular weight excluding hydrogens is 299 g/mol. The van der Waals surface area contributed by atoms with Gasteiger partial charge < -0.3 is 9.30 Å². The van der Waals surface area contributed by atoms with Crippen molar-refractivity contribution in [2.75, 3.05) is 0 Å². The lowest BCUT2D eigenvalue weighted by Gasteiger charge is -2.11. The van der Waals surface area contributed by atoms with Crippen LogP contribution < -0.4 is 4.74 Å². The molecule has 0 aliphatic carbocycles. The second-order valence-corrected chi connectivity index (χ2v) is 4.11. The first-order chi connectivity index (χ1) is 7.96. The van der Waals surface area contributed by atoms with Crippen LogP contribution in [0.25, 0.3) is 5.69 Å². The molecular formula is C11H7BrF3NO. The molecule has 1 heterocycles. The first-order valence-corrected chi connectivity index (χ1v) is 5.44. The summed E-state index contributed by atoms with van der Waals surface area (Å²) in [6.07, 6.45) is -1.08. The highest BCUT2D eigenvalue weighted by Crippen LogP contribution is 2.29. The van der Waals surface area contributed by atoms with Gasteiger partial charge >= 0.3 is 6.36 Å². The Balaban J connectivity index is 2.30. The summed E-state index contributed by atoms with van der Waals surface area (Å²) >= 11 is 3.21. The van der Waals surface area contributed by atoms with Crippen LogP contribution in [0, 0.1) is 0 Å². The minimum atomic E-state index is -4.67. The fraction of sp³-hybridized carbons (Fsp3) is 0.0909. The van der Waals surface area contributed by atoms with Gasteiger partial charge in [0.25, 0.3) is 0 Å². The zero-order valence-electron chi connectivity index (χ0n) is 8.41. The quantitative estimate of drug-likeness (QED) is 0.813. The molecule has 90 valence electrons. The van der Waals surface area contributed by atoms with Crippen LogP contribution in [0.5, 0.6) is 5.75 Å². The first kappa shape index (κ1) is 12.0. The largest absolute Gasteiger partial charge is 0.573 e. The molecule has 0 fully saturated rings. The van der Waals surface area contributed by atoms with Gasteiger partial charge in [0.1, 0.15) is 5.75 Å². The van der Waals surface area contributed by atoms with Gasteiger partial charge in [0.05, 0.1) is 5.69 Å². The molecule has 0 N–H and O–H groups in total. The minimum absolute atomic E-state index is 0.250. The highest BCUT2D eigenvalue weighted by molar-refractivity contribution is 9.10. The zero-order chi connectivity index (χ0) is 12.5. The predicted octanol–water partition coefficient (Wildman–Crippen LogP) is 4.14. The number of nitrogens with zero attached hydrogens (tertiary/aromatic N) is 1. The summed E-state index contributed by atoms with van der Waals surface area (Å²) in [7, 11) is 0. The summed E-state index contributed by atoms with van der Waals surface area (Å²) in [6, 6.07) is 7.75. The second-order valence-electron chi connectivity index (χ2n) is 3.25. The van der Waals surface area contributed by atoms with Crippen molar-refractivity contribution in [1.82, 2.24) is 4.57 Å². The molecule has 1 aromatic heterocycles. The summed E-state index contributed by atoms with van der Waals surface area (Å²) in [6.45, 7) is 0. The lowest BCUT2D eigenvalue weighted by Crippen LogP contribution is -2.17. The summed E-state index contributed by atoms with van der Waals surface area (Å²) in [5, 5.41) is 0. The Labute approximate surface area is 104 Å². The summed E-state index contributed by atoms with van der Waals surface area (Å²) < 4.78 is 42.1. The van der Waals surface area contributed by atoms with Crippen LogP contribution in [0.15, 0.2) is 47.2 Å². The molecule has 0 radical (unpaired) electrons. The molecule has 0 saturated heterocycles. The minimum Gasteiger partial charge on any atom is -0.406 e. The van der Waals surface area contributed by atoms with Crippen molar-refractivity contribution in [2.24, 2.45) is 0 Å². The average Bonchev–Trinajstić information content (AvgIpc) is 2.68. The van der Waals surface area contributed by atoms with Gasteiger partial charge in [-0.15, -0.1) is 13.2 Å². The molecule has 0 atom stereocenters. The van der Waals surface area contributed by atoms with Crippen LogP contribution in [-0.2, 0) is 0 Å². The van der Waals surface area contributed by atoms with E-state index in [0.29, 0.717) is 4.47 Å². The molecule has 1 aromatic carbocycles. The van der Waals surface area contributed by atoms with Crippen molar-refractivity contribution in [3.05, 3.63) is 47.2 Å². The number of rotatable bonds is 2. The van der Waals surface area contributed by atoms with Crippen LogP contribution in [0.2, 0.25) is 0 Å². The topological polar surface area (TPSA) is 14.2 Å². The van der Waals surface area contributed by atoms with Gasteiger partial charge in [0.2, 0.25) is 0 Å². The van der Waals surface area contributed by atoms with Gasteiger partial charge in [-0.05, 0) is 46.3 Å². The fourth-order valence-corrected chi connectivity index (χ4v) is 1.95. The summed E-state index contributed by atoms with van der Waals surface area (Å²) in [5.74, 6) is -0.250. The van der Waals surface area contributed by atoms with Crippen molar-refractivity contribution in [1.29, 1.82) is 0 Å². The molecule has 0 aliphatic rings. The molecule has 0 unspecified atom stereocenters. The normalized spacial score (nSPS) is 11.5. The van der Waals surface area contributed by atoms with Gasteiger partial charge in [-0.2, -0.15) is 0 Å². The maximum absolute atomic E-state index is 12.0. The van der Waals surface area contributed by atoms with Gasteiger partial charge in [-0.1, -0.05) is 0 Å². The standard InChI is InChI=1S/C11H7BrF3NO/c12-9-7-8(17-11(13,14)15)3-4-10(9)16-5-1-2-6-16/h1-7H. The van der Waals surface area contributed by atoms with E-state index in [1.165, 1.54) is 12.1 Å². The number of ether oxygens (including phenoxy) is 1. The van der Waals surface area contributed by atoms with Crippen LogP contribution in [-0.4, -0.2) is 10.9 Å². The van der Waals surface area contributed by atoms with E-state index in [2.05, 4.69) is 20.7 Å². The average molecular weight is 306 g/mol. The van der Waals surface area contributed by atoms with E-state index >= 15 is 0 Å². The lowest BCUT2D eigenvalue weighted by atomic mass is 10.3. The Morgan fingerprint density at radius 1 is 1.12 bits per heavy atom. The predicted molar refractivity (Wildman–Crippen MR) is 60.2 cm³/mol. The summed E-state index contributed by atoms with van der Waals surface area (Å²) in [4.78, 5) is 0. The fourth-order valence-electron chi connectivity index (χ4n) is 1.39. The number of alkyl halides is 3. The molecule has 0 aliphatic heterocycles. The van der Waals surface area contributed by atoms with E-state index in [1.54, 1.807) is 23.0 Å². The van der Waals surface area contributed by atoms with E-state index < -0.39 is 6.36 Å². The third kappa shape index (κ3) is 3.03. The number of aromatic nitrogens is 1.